The molecule has 0 bridgehead atoms. The fourth-order valence-corrected chi connectivity index (χ4v) is 6.21. The Hall–Kier alpha value is -3.64. The number of Topliss-reactive ketones (excluding diaryl/α,β-unsaturated/α-hetero) is 1. The van der Waals surface area contributed by atoms with Gasteiger partial charge in [-0.3, -0.25) is 14.4 Å². The van der Waals surface area contributed by atoms with E-state index < -0.39 is 39.7 Å². The van der Waals surface area contributed by atoms with E-state index in [1.807, 2.05) is 13.8 Å². The van der Waals surface area contributed by atoms with Crippen molar-refractivity contribution in [3.05, 3.63) is 48.0 Å². The Balaban J connectivity index is 1.71. The van der Waals surface area contributed by atoms with Gasteiger partial charge in [-0.1, -0.05) is 13.8 Å². The first-order chi connectivity index (χ1) is 18.6. The Morgan fingerprint density at radius 3 is 2.54 bits per heavy atom. The van der Waals surface area contributed by atoms with Crippen LogP contribution < -0.4 is 24.8 Å². The first-order valence-electron chi connectivity index (χ1n) is 12.8. The second kappa shape index (κ2) is 12.0. The predicted octanol–water partition coefficient (Wildman–Crippen LogP) is 2.11. The lowest BCUT2D eigenvalue weighted by molar-refractivity contribution is -0.135. The van der Waals surface area contributed by atoms with Crippen molar-refractivity contribution in [1.82, 2.24) is 14.9 Å². The van der Waals surface area contributed by atoms with Crippen LogP contribution in [-0.2, 0) is 19.6 Å². The standard InChI is InChI=1S/C27H33N3O8S/c1-17(2)13-21(29-26(32)18-6-11-24-25(14-18)38-16-37-24)27(33)30(22-5-4-12-28-15-23(22)31)39(34,35)20-9-7-19(36-3)8-10-20/h6-11,14,17,21-22,28H,4-5,12-13,15-16H2,1-3H3,(H,29,32)/t21?,22-/m0/s1. The summed E-state index contributed by atoms with van der Waals surface area (Å²) in [5.41, 5.74) is 0.222. The van der Waals surface area contributed by atoms with Gasteiger partial charge in [-0.2, -0.15) is 0 Å². The Kier molecular flexibility index (Phi) is 8.76. The maximum Gasteiger partial charge on any atom is 0.267 e. The van der Waals surface area contributed by atoms with Crippen LogP contribution >= 0.6 is 0 Å². The number of benzene rings is 2. The molecule has 12 heteroatoms. The molecule has 1 unspecified atom stereocenters. The third-order valence-electron chi connectivity index (χ3n) is 6.56. The molecule has 1 saturated heterocycles. The van der Waals surface area contributed by atoms with Crippen molar-refractivity contribution in [2.75, 3.05) is 27.0 Å². The zero-order chi connectivity index (χ0) is 28.2. The molecule has 2 N–H and O–H groups in total. The average Bonchev–Trinajstić information content (AvgIpc) is 3.29. The highest BCUT2D eigenvalue weighted by Gasteiger charge is 2.43. The molecule has 0 radical (unpaired) electrons. The monoisotopic (exact) mass is 559 g/mol. The number of fused-ring (bicyclic) bond motifs is 1. The number of hydrogen-bond acceptors (Lipinski definition) is 9. The molecular weight excluding hydrogens is 526 g/mol. The van der Waals surface area contributed by atoms with Gasteiger partial charge in [0, 0.05) is 5.56 Å². The van der Waals surface area contributed by atoms with Crippen molar-refractivity contribution in [3.63, 3.8) is 0 Å². The van der Waals surface area contributed by atoms with Gasteiger partial charge in [0.25, 0.3) is 21.8 Å². The molecule has 2 heterocycles. The molecule has 2 aliphatic heterocycles. The zero-order valence-electron chi connectivity index (χ0n) is 22.1. The minimum absolute atomic E-state index is 0.0390. The molecule has 0 aromatic heterocycles. The highest BCUT2D eigenvalue weighted by atomic mass is 32.2. The third kappa shape index (κ3) is 6.34. The van der Waals surface area contributed by atoms with E-state index >= 15 is 0 Å². The lowest BCUT2D eigenvalue weighted by Gasteiger charge is -2.33. The van der Waals surface area contributed by atoms with Gasteiger partial charge < -0.3 is 24.8 Å². The van der Waals surface area contributed by atoms with Crippen molar-refractivity contribution in [1.29, 1.82) is 0 Å². The summed E-state index contributed by atoms with van der Waals surface area (Å²) in [5.74, 6) is -0.600. The molecule has 0 aliphatic carbocycles. The SMILES string of the molecule is COc1ccc(S(=O)(=O)N(C(=O)C(CC(C)C)NC(=O)c2ccc3c(c2)OCO3)[C@H]2CCCNCC2=O)cc1. The summed E-state index contributed by atoms with van der Waals surface area (Å²) in [6.45, 7) is 4.21. The number of methoxy groups -OCH3 is 1. The number of ketones is 1. The number of sulfonamides is 1. The van der Waals surface area contributed by atoms with Gasteiger partial charge in [0.05, 0.1) is 18.6 Å². The van der Waals surface area contributed by atoms with Gasteiger partial charge in [-0.15, -0.1) is 0 Å². The van der Waals surface area contributed by atoms with E-state index in [4.69, 9.17) is 14.2 Å². The van der Waals surface area contributed by atoms with E-state index in [0.29, 0.717) is 34.5 Å². The summed E-state index contributed by atoms with van der Waals surface area (Å²) in [6.07, 6.45) is 0.817. The number of ether oxygens (including phenoxy) is 3. The summed E-state index contributed by atoms with van der Waals surface area (Å²) >= 11 is 0. The second-order valence-corrected chi connectivity index (χ2v) is 11.7. The highest BCUT2D eigenvalue weighted by molar-refractivity contribution is 7.89. The topological polar surface area (TPSA) is 140 Å². The molecule has 2 aromatic carbocycles. The number of amides is 2. The number of carbonyl (C=O) groups excluding carboxylic acids is 3. The van der Waals surface area contributed by atoms with Crippen LogP contribution in [0.1, 0.15) is 43.5 Å². The van der Waals surface area contributed by atoms with Crippen LogP contribution in [-0.4, -0.2) is 69.4 Å². The predicted molar refractivity (Wildman–Crippen MR) is 141 cm³/mol. The molecule has 2 atom stereocenters. The lowest BCUT2D eigenvalue weighted by Crippen LogP contribution is -2.56. The molecule has 2 amide bonds. The van der Waals surface area contributed by atoms with E-state index in [1.54, 1.807) is 6.07 Å². The summed E-state index contributed by atoms with van der Waals surface area (Å²) in [6, 6.07) is 7.81. The van der Waals surface area contributed by atoms with E-state index in [0.717, 1.165) is 0 Å². The maximum atomic E-state index is 14.1. The average molecular weight is 560 g/mol. The second-order valence-electron chi connectivity index (χ2n) is 9.84. The van der Waals surface area contributed by atoms with Gasteiger partial charge in [0.2, 0.25) is 6.79 Å². The van der Waals surface area contributed by atoms with E-state index in [1.165, 1.54) is 43.5 Å². The van der Waals surface area contributed by atoms with Crippen molar-refractivity contribution < 1.29 is 37.0 Å². The Labute approximate surface area is 227 Å². The smallest absolute Gasteiger partial charge is 0.267 e. The van der Waals surface area contributed by atoms with Crippen LogP contribution in [0.2, 0.25) is 0 Å². The number of rotatable bonds is 9. The minimum atomic E-state index is -4.47. The van der Waals surface area contributed by atoms with Crippen LogP contribution in [0.4, 0.5) is 0 Å². The summed E-state index contributed by atoms with van der Waals surface area (Å²) in [4.78, 5) is 40.3. The Bertz CT molecular complexity index is 1330. The molecule has 0 spiro atoms. The normalized spacial score (nSPS) is 17.8. The van der Waals surface area contributed by atoms with Crippen LogP contribution in [0.3, 0.4) is 0 Å². The molecule has 2 aliphatic rings. The first kappa shape index (κ1) is 28.4. The Morgan fingerprint density at radius 1 is 1.13 bits per heavy atom. The highest BCUT2D eigenvalue weighted by Crippen LogP contribution is 2.32. The number of nitrogens with zero attached hydrogens (tertiary/aromatic N) is 1. The third-order valence-corrected chi connectivity index (χ3v) is 8.38. The lowest BCUT2D eigenvalue weighted by atomic mass is 10.0. The molecule has 11 nitrogen and oxygen atoms in total. The number of carbonyl (C=O) groups is 3. The van der Waals surface area contributed by atoms with Gasteiger partial charge >= 0.3 is 0 Å². The largest absolute Gasteiger partial charge is 0.497 e. The van der Waals surface area contributed by atoms with Crippen molar-refractivity contribution in [2.45, 2.75) is 50.1 Å². The first-order valence-corrected chi connectivity index (χ1v) is 14.2. The van der Waals surface area contributed by atoms with Crippen molar-refractivity contribution in [2.24, 2.45) is 5.92 Å². The molecule has 1 fully saturated rings. The van der Waals surface area contributed by atoms with E-state index in [2.05, 4.69) is 10.6 Å². The van der Waals surface area contributed by atoms with Gasteiger partial charge in [0.15, 0.2) is 17.3 Å². The molecule has 2 aromatic rings. The number of nitrogens with one attached hydrogen (secondary N) is 2. The van der Waals surface area contributed by atoms with Gasteiger partial charge in [0.1, 0.15) is 17.8 Å². The fraction of sp³-hybridized carbons (Fsp3) is 0.444. The van der Waals surface area contributed by atoms with Crippen LogP contribution in [0.5, 0.6) is 17.2 Å². The van der Waals surface area contributed by atoms with Gasteiger partial charge in [-0.25, -0.2) is 12.7 Å². The van der Waals surface area contributed by atoms with E-state index in [9.17, 15) is 22.8 Å². The summed E-state index contributed by atoms with van der Waals surface area (Å²) in [7, 11) is -3.02. The molecule has 0 saturated carbocycles. The molecule has 4 rings (SSSR count). The van der Waals surface area contributed by atoms with Gasteiger partial charge in [-0.05, 0) is 74.2 Å². The molecule has 210 valence electrons. The molecule has 39 heavy (non-hydrogen) atoms. The number of hydrogen-bond donors (Lipinski definition) is 2. The quantitative estimate of drug-likeness (QED) is 0.473. The van der Waals surface area contributed by atoms with Crippen LogP contribution in [0.25, 0.3) is 0 Å². The van der Waals surface area contributed by atoms with Crippen LogP contribution in [0.15, 0.2) is 47.4 Å². The molecular formula is C27H33N3O8S. The van der Waals surface area contributed by atoms with Crippen molar-refractivity contribution in [3.8, 4) is 17.2 Å². The van der Waals surface area contributed by atoms with Crippen LogP contribution in [0, 0.1) is 5.92 Å². The van der Waals surface area contributed by atoms with Crippen molar-refractivity contribution >= 4 is 27.6 Å². The zero-order valence-corrected chi connectivity index (χ0v) is 23.0. The minimum Gasteiger partial charge on any atom is -0.497 e. The summed E-state index contributed by atoms with van der Waals surface area (Å²) in [5, 5.41) is 5.68. The van der Waals surface area contributed by atoms with E-state index in [-0.39, 0.29) is 42.6 Å². The summed E-state index contributed by atoms with van der Waals surface area (Å²) < 4.78 is 44.4. The Morgan fingerprint density at radius 2 is 1.85 bits per heavy atom. The maximum absolute atomic E-state index is 14.1. The fourth-order valence-electron chi connectivity index (χ4n) is 4.59.